The summed E-state index contributed by atoms with van der Waals surface area (Å²) in [5.74, 6) is 1.76. The van der Waals surface area contributed by atoms with Crippen molar-refractivity contribution in [1.29, 1.82) is 0 Å². The molecule has 0 aromatic carbocycles. The summed E-state index contributed by atoms with van der Waals surface area (Å²) in [6.07, 6.45) is 3.40. The lowest BCUT2D eigenvalue weighted by Crippen LogP contribution is -2.16. The highest BCUT2D eigenvalue weighted by molar-refractivity contribution is 9.10. The van der Waals surface area contributed by atoms with E-state index in [4.69, 9.17) is 8.83 Å². The Morgan fingerprint density at radius 3 is 2.67 bits per heavy atom. The van der Waals surface area contributed by atoms with E-state index in [-0.39, 0.29) is 6.04 Å². The van der Waals surface area contributed by atoms with Gasteiger partial charge in [0.2, 0.25) is 0 Å². The Balaban J connectivity index is 2.36. The summed E-state index contributed by atoms with van der Waals surface area (Å²) < 4.78 is 11.7. The van der Waals surface area contributed by atoms with Crippen molar-refractivity contribution in [3.05, 3.63) is 46.2 Å². The Morgan fingerprint density at radius 1 is 1.40 bits per heavy atom. The lowest BCUT2D eigenvalue weighted by molar-refractivity contribution is 0.456. The van der Waals surface area contributed by atoms with E-state index in [9.17, 15) is 0 Å². The van der Waals surface area contributed by atoms with E-state index in [0.29, 0.717) is 0 Å². The van der Waals surface area contributed by atoms with Crippen molar-refractivity contribution in [2.75, 3.05) is 7.05 Å². The first-order valence-electron chi connectivity index (χ1n) is 4.67. The van der Waals surface area contributed by atoms with Gasteiger partial charge in [-0.1, -0.05) is 0 Å². The lowest BCUT2D eigenvalue weighted by atomic mass is 10.1. The molecule has 1 unspecified atom stereocenters. The Hall–Kier alpha value is -1.00. The molecule has 0 saturated carbocycles. The van der Waals surface area contributed by atoms with Crippen molar-refractivity contribution < 1.29 is 8.83 Å². The first-order chi connectivity index (χ1) is 7.22. The molecule has 0 aliphatic carbocycles. The van der Waals surface area contributed by atoms with Gasteiger partial charge in [0.05, 0.1) is 23.0 Å². The van der Waals surface area contributed by atoms with E-state index in [1.807, 2.05) is 26.1 Å². The predicted octanol–water partition coefficient (Wildman–Crippen LogP) is 3.25. The van der Waals surface area contributed by atoms with Crippen molar-refractivity contribution in [3.63, 3.8) is 0 Å². The van der Waals surface area contributed by atoms with Crippen molar-refractivity contribution in [2.24, 2.45) is 0 Å². The van der Waals surface area contributed by atoms with E-state index in [1.54, 1.807) is 12.5 Å². The number of halogens is 1. The van der Waals surface area contributed by atoms with Crippen LogP contribution >= 0.6 is 15.9 Å². The Kier molecular flexibility index (Phi) is 2.98. The molecule has 4 heteroatoms. The van der Waals surface area contributed by atoms with Crippen LogP contribution in [0.1, 0.15) is 23.1 Å². The van der Waals surface area contributed by atoms with Crippen LogP contribution in [0, 0.1) is 6.92 Å². The van der Waals surface area contributed by atoms with Gasteiger partial charge >= 0.3 is 0 Å². The molecule has 2 aromatic heterocycles. The second-order valence-electron chi connectivity index (χ2n) is 3.35. The first kappa shape index (κ1) is 10.5. The van der Waals surface area contributed by atoms with Crippen LogP contribution in [0.4, 0.5) is 0 Å². The van der Waals surface area contributed by atoms with Gasteiger partial charge in [-0.2, -0.15) is 0 Å². The largest absolute Gasteiger partial charge is 0.469 e. The molecule has 0 aliphatic rings. The SMILES string of the molecule is CNC(c1coc(C)c1)c1occc1Br. The van der Waals surface area contributed by atoms with E-state index < -0.39 is 0 Å². The van der Waals surface area contributed by atoms with Crippen LogP contribution in [0.15, 0.2) is 38.0 Å². The number of hydrogen-bond acceptors (Lipinski definition) is 3. The lowest BCUT2D eigenvalue weighted by Gasteiger charge is -2.11. The zero-order valence-electron chi connectivity index (χ0n) is 8.58. The fourth-order valence-corrected chi connectivity index (χ4v) is 2.01. The fourth-order valence-electron chi connectivity index (χ4n) is 1.58. The Bertz CT molecular complexity index is 447. The second kappa shape index (κ2) is 4.24. The zero-order valence-corrected chi connectivity index (χ0v) is 10.2. The highest BCUT2D eigenvalue weighted by Gasteiger charge is 2.19. The normalized spacial score (nSPS) is 13.0. The topological polar surface area (TPSA) is 38.3 Å². The predicted molar refractivity (Wildman–Crippen MR) is 60.8 cm³/mol. The van der Waals surface area contributed by atoms with Gasteiger partial charge in [-0.25, -0.2) is 0 Å². The van der Waals surface area contributed by atoms with Crippen LogP contribution in [0.5, 0.6) is 0 Å². The molecule has 0 aliphatic heterocycles. The van der Waals surface area contributed by atoms with Gasteiger partial charge < -0.3 is 14.2 Å². The summed E-state index contributed by atoms with van der Waals surface area (Å²) in [4.78, 5) is 0. The third kappa shape index (κ3) is 2.01. The van der Waals surface area contributed by atoms with Gasteiger partial charge in [0.1, 0.15) is 11.5 Å². The molecule has 2 rings (SSSR count). The van der Waals surface area contributed by atoms with Crippen LogP contribution in [0.2, 0.25) is 0 Å². The van der Waals surface area contributed by atoms with Crippen molar-refractivity contribution in [3.8, 4) is 0 Å². The summed E-state index contributed by atoms with van der Waals surface area (Å²) in [6, 6.07) is 3.90. The van der Waals surface area contributed by atoms with Crippen molar-refractivity contribution in [1.82, 2.24) is 5.32 Å². The van der Waals surface area contributed by atoms with Crippen LogP contribution in [-0.4, -0.2) is 7.05 Å². The summed E-state index contributed by atoms with van der Waals surface area (Å²) in [7, 11) is 1.89. The standard InChI is InChI=1S/C11H12BrNO2/c1-7-5-8(6-15-7)10(13-2)11-9(12)3-4-14-11/h3-6,10,13H,1-2H3. The molecular weight excluding hydrogens is 258 g/mol. The third-order valence-electron chi connectivity index (χ3n) is 2.28. The molecule has 0 amide bonds. The third-order valence-corrected chi connectivity index (χ3v) is 2.93. The fraction of sp³-hybridized carbons (Fsp3) is 0.273. The second-order valence-corrected chi connectivity index (χ2v) is 4.20. The van der Waals surface area contributed by atoms with Gasteiger partial charge in [0.25, 0.3) is 0 Å². The maximum Gasteiger partial charge on any atom is 0.139 e. The van der Waals surface area contributed by atoms with Crippen LogP contribution in [0.3, 0.4) is 0 Å². The first-order valence-corrected chi connectivity index (χ1v) is 5.47. The molecule has 0 radical (unpaired) electrons. The average molecular weight is 270 g/mol. The summed E-state index contributed by atoms with van der Waals surface area (Å²) in [5.41, 5.74) is 1.06. The van der Waals surface area contributed by atoms with Gasteiger partial charge in [-0.05, 0) is 42.0 Å². The maximum atomic E-state index is 5.43. The average Bonchev–Trinajstić information content (AvgIpc) is 2.79. The van der Waals surface area contributed by atoms with Gasteiger partial charge in [0.15, 0.2) is 0 Å². The van der Waals surface area contributed by atoms with E-state index in [0.717, 1.165) is 21.6 Å². The van der Waals surface area contributed by atoms with Crippen LogP contribution < -0.4 is 5.32 Å². The number of furan rings is 2. The van der Waals surface area contributed by atoms with Gasteiger partial charge in [-0.15, -0.1) is 0 Å². The Morgan fingerprint density at radius 2 is 2.20 bits per heavy atom. The minimum absolute atomic E-state index is 0.0202. The number of aryl methyl sites for hydroxylation is 1. The molecule has 15 heavy (non-hydrogen) atoms. The minimum atomic E-state index is 0.0202. The maximum absolute atomic E-state index is 5.43. The number of hydrogen-bond donors (Lipinski definition) is 1. The minimum Gasteiger partial charge on any atom is -0.469 e. The smallest absolute Gasteiger partial charge is 0.139 e. The molecule has 0 fully saturated rings. The molecule has 2 aromatic rings. The molecule has 3 nitrogen and oxygen atoms in total. The van der Waals surface area contributed by atoms with Crippen molar-refractivity contribution in [2.45, 2.75) is 13.0 Å². The highest BCUT2D eigenvalue weighted by atomic mass is 79.9. The molecular formula is C11H12BrNO2. The van der Waals surface area contributed by atoms with Gasteiger partial charge in [-0.3, -0.25) is 0 Å². The van der Waals surface area contributed by atoms with Crippen molar-refractivity contribution >= 4 is 15.9 Å². The molecule has 0 spiro atoms. The quantitative estimate of drug-likeness (QED) is 0.930. The van der Waals surface area contributed by atoms with Crippen LogP contribution in [-0.2, 0) is 0 Å². The summed E-state index contributed by atoms with van der Waals surface area (Å²) in [6.45, 7) is 1.92. The van der Waals surface area contributed by atoms with Gasteiger partial charge in [0, 0.05) is 5.56 Å². The van der Waals surface area contributed by atoms with E-state index in [1.165, 1.54) is 0 Å². The van der Waals surface area contributed by atoms with E-state index >= 15 is 0 Å². The highest BCUT2D eigenvalue weighted by Crippen LogP contribution is 2.30. The monoisotopic (exact) mass is 269 g/mol. The summed E-state index contributed by atoms with van der Waals surface area (Å²) >= 11 is 3.45. The molecule has 80 valence electrons. The summed E-state index contributed by atoms with van der Waals surface area (Å²) in [5, 5.41) is 3.19. The number of nitrogens with one attached hydrogen (secondary N) is 1. The van der Waals surface area contributed by atoms with Crippen LogP contribution in [0.25, 0.3) is 0 Å². The Labute approximate surface area is 96.6 Å². The molecule has 0 bridgehead atoms. The molecule has 2 heterocycles. The number of rotatable bonds is 3. The zero-order chi connectivity index (χ0) is 10.8. The molecule has 0 saturated heterocycles. The molecule has 1 atom stereocenters. The van der Waals surface area contributed by atoms with E-state index in [2.05, 4.69) is 21.2 Å². The molecule has 1 N–H and O–H groups in total.